The van der Waals surface area contributed by atoms with Crippen molar-refractivity contribution in [2.75, 3.05) is 26.2 Å². The van der Waals surface area contributed by atoms with Crippen molar-refractivity contribution < 1.29 is 4.79 Å². The molecule has 0 saturated carbocycles. The minimum absolute atomic E-state index is 0.142. The maximum Gasteiger partial charge on any atom is 0.253 e. The Bertz CT molecular complexity index is 542. The molecule has 0 atom stereocenters. The molecule has 0 aromatic heterocycles. The Hall–Kier alpha value is -1.51. The quantitative estimate of drug-likeness (QED) is 0.801. The zero-order valence-corrected chi connectivity index (χ0v) is 12.1. The van der Waals surface area contributed by atoms with Gasteiger partial charge in [0.2, 0.25) is 0 Å². The van der Waals surface area contributed by atoms with Gasteiger partial charge in [-0.3, -0.25) is 4.79 Å². The van der Waals surface area contributed by atoms with Crippen LogP contribution in [0.5, 0.6) is 0 Å². The predicted molar refractivity (Wildman–Crippen MR) is 78.1 cm³/mol. The van der Waals surface area contributed by atoms with Crippen molar-refractivity contribution in [3.63, 3.8) is 0 Å². The summed E-state index contributed by atoms with van der Waals surface area (Å²) in [6.45, 7) is 3.38. The van der Waals surface area contributed by atoms with Crippen LogP contribution in [0, 0.1) is 17.2 Å². The highest BCUT2D eigenvalue weighted by atomic mass is 32.2. The zero-order chi connectivity index (χ0) is 13.9. The van der Waals surface area contributed by atoms with Gasteiger partial charge in [0.05, 0.1) is 12.0 Å². The van der Waals surface area contributed by atoms with E-state index in [1.807, 2.05) is 29.2 Å². The van der Waals surface area contributed by atoms with Gasteiger partial charge in [-0.2, -0.15) is 5.26 Å². The molecule has 0 aliphatic carbocycles. The van der Waals surface area contributed by atoms with Gasteiger partial charge in [0, 0.05) is 36.6 Å². The van der Waals surface area contributed by atoms with Crippen molar-refractivity contribution in [1.82, 2.24) is 9.21 Å². The smallest absolute Gasteiger partial charge is 0.253 e. The van der Waals surface area contributed by atoms with Crippen molar-refractivity contribution >= 4 is 17.9 Å². The molecule has 1 amide bonds. The number of rotatable bonds is 3. The monoisotopic (exact) mass is 287 g/mol. The van der Waals surface area contributed by atoms with Gasteiger partial charge in [-0.15, -0.1) is 0 Å². The van der Waals surface area contributed by atoms with E-state index in [9.17, 15) is 4.79 Å². The summed E-state index contributed by atoms with van der Waals surface area (Å²) < 4.78 is 2.16. The average molecular weight is 287 g/mol. The Labute approximate surface area is 123 Å². The molecule has 3 rings (SSSR count). The van der Waals surface area contributed by atoms with Crippen molar-refractivity contribution in [2.45, 2.75) is 17.7 Å². The number of nitriles is 1. The lowest BCUT2D eigenvalue weighted by atomic mass is 10.1. The molecule has 2 saturated heterocycles. The van der Waals surface area contributed by atoms with Crippen LogP contribution in [0.25, 0.3) is 0 Å². The Kier molecular flexibility index (Phi) is 3.95. The van der Waals surface area contributed by atoms with E-state index in [0.717, 1.165) is 49.5 Å². The van der Waals surface area contributed by atoms with Crippen LogP contribution < -0.4 is 0 Å². The molecular formula is C15H17N3OS. The third kappa shape index (κ3) is 2.82. The van der Waals surface area contributed by atoms with E-state index in [0.29, 0.717) is 0 Å². The zero-order valence-electron chi connectivity index (χ0n) is 11.3. The molecule has 0 bridgehead atoms. The summed E-state index contributed by atoms with van der Waals surface area (Å²) in [6.07, 6.45) is 2.23. The molecule has 4 nitrogen and oxygen atoms in total. The largest absolute Gasteiger partial charge is 0.339 e. The third-order valence-electron chi connectivity index (χ3n) is 3.74. The first-order valence-electron chi connectivity index (χ1n) is 6.98. The minimum atomic E-state index is 0.142. The maximum absolute atomic E-state index is 12.3. The topological polar surface area (TPSA) is 47.3 Å². The lowest BCUT2D eigenvalue weighted by molar-refractivity contribution is 0.0792. The fourth-order valence-corrected chi connectivity index (χ4v) is 3.66. The summed E-state index contributed by atoms with van der Waals surface area (Å²) in [5, 5.41) is 8.77. The van der Waals surface area contributed by atoms with E-state index in [-0.39, 0.29) is 11.8 Å². The summed E-state index contributed by atoms with van der Waals surface area (Å²) >= 11 is 1.64. The van der Waals surface area contributed by atoms with Crippen LogP contribution >= 0.6 is 11.9 Å². The van der Waals surface area contributed by atoms with Crippen LogP contribution in [-0.4, -0.2) is 41.3 Å². The molecule has 2 aliphatic heterocycles. The van der Waals surface area contributed by atoms with Crippen molar-refractivity contribution in [1.29, 1.82) is 5.26 Å². The normalized spacial score (nSPS) is 19.6. The fraction of sp³-hybridized carbons (Fsp3) is 0.467. The molecule has 0 unspecified atom stereocenters. The first-order valence-corrected chi connectivity index (χ1v) is 7.75. The Morgan fingerprint density at radius 2 is 2.05 bits per heavy atom. The number of carbonyl (C=O) groups excluding carboxylic acids is 1. The van der Waals surface area contributed by atoms with E-state index in [4.69, 9.17) is 5.26 Å². The van der Waals surface area contributed by atoms with Gasteiger partial charge in [0.25, 0.3) is 5.91 Å². The van der Waals surface area contributed by atoms with Gasteiger partial charge < -0.3 is 4.90 Å². The molecule has 1 aromatic carbocycles. The summed E-state index contributed by atoms with van der Waals surface area (Å²) in [4.78, 5) is 15.3. The standard InChI is InChI=1S/C15H17N3OS/c16-9-12-10-18(11-12)20-14-5-3-4-13(8-14)15(19)17-6-1-2-7-17/h3-5,8,12H,1-2,6-7,10-11H2. The van der Waals surface area contributed by atoms with Crippen LogP contribution in [-0.2, 0) is 0 Å². The fourth-order valence-electron chi connectivity index (χ4n) is 2.53. The summed E-state index contributed by atoms with van der Waals surface area (Å²) in [7, 11) is 0. The number of nitrogens with zero attached hydrogens (tertiary/aromatic N) is 3. The first-order chi connectivity index (χ1) is 9.76. The number of hydrogen-bond acceptors (Lipinski definition) is 4. The van der Waals surface area contributed by atoms with Crippen LogP contribution in [0.2, 0.25) is 0 Å². The predicted octanol–water partition coefficient (Wildman–Crippen LogP) is 2.39. The summed E-state index contributed by atoms with van der Waals surface area (Å²) in [5.41, 5.74) is 0.772. The molecule has 0 radical (unpaired) electrons. The van der Waals surface area contributed by atoms with E-state index in [1.54, 1.807) is 11.9 Å². The molecule has 2 heterocycles. The second kappa shape index (κ2) is 5.86. The second-order valence-corrected chi connectivity index (χ2v) is 6.46. The Balaban J connectivity index is 1.64. The third-order valence-corrected chi connectivity index (χ3v) is 4.76. The second-order valence-electron chi connectivity index (χ2n) is 5.29. The van der Waals surface area contributed by atoms with Gasteiger partial charge >= 0.3 is 0 Å². The number of carbonyl (C=O) groups is 1. The van der Waals surface area contributed by atoms with Crippen LogP contribution in [0.4, 0.5) is 0 Å². The Morgan fingerprint density at radius 1 is 1.30 bits per heavy atom. The van der Waals surface area contributed by atoms with Crippen molar-refractivity contribution in [3.05, 3.63) is 29.8 Å². The van der Waals surface area contributed by atoms with Crippen LogP contribution in [0.15, 0.2) is 29.2 Å². The average Bonchev–Trinajstić information content (AvgIpc) is 2.96. The van der Waals surface area contributed by atoms with Gasteiger partial charge in [0.1, 0.15) is 0 Å². The molecule has 5 heteroatoms. The molecular weight excluding hydrogens is 270 g/mol. The van der Waals surface area contributed by atoms with Gasteiger partial charge in [-0.05, 0) is 43.0 Å². The van der Waals surface area contributed by atoms with Gasteiger partial charge in [0.15, 0.2) is 0 Å². The lowest BCUT2D eigenvalue weighted by Gasteiger charge is -2.33. The molecule has 20 heavy (non-hydrogen) atoms. The molecule has 1 aromatic rings. The molecule has 2 aliphatic rings. The van der Waals surface area contributed by atoms with E-state index < -0.39 is 0 Å². The highest BCUT2D eigenvalue weighted by Crippen LogP contribution is 2.30. The lowest BCUT2D eigenvalue weighted by Crippen LogP contribution is -2.40. The van der Waals surface area contributed by atoms with E-state index >= 15 is 0 Å². The Morgan fingerprint density at radius 3 is 2.75 bits per heavy atom. The summed E-state index contributed by atoms with van der Waals surface area (Å²) in [6, 6.07) is 10.1. The highest BCUT2D eigenvalue weighted by Gasteiger charge is 2.27. The number of amides is 1. The van der Waals surface area contributed by atoms with Gasteiger partial charge in [-0.1, -0.05) is 6.07 Å². The maximum atomic E-state index is 12.3. The summed E-state index contributed by atoms with van der Waals surface area (Å²) in [5.74, 6) is 0.306. The van der Waals surface area contributed by atoms with Crippen LogP contribution in [0.3, 0.4) is 0 Å². The minimum Gasteiger partial charge on any atom is -0.339 e. The number of hydrogen-bond donors (Lipinski definition) is 0. The first kappa shape index (κ1) is 13.5. The molecule has 104 valence electrons. The van der Waals surface area contributed by atoms with Crippen molar-refractivity contribution in [2.24, 2.45) is 5.92 Å². The van der Waals surface area contributed by atoms with Crippen LogP contribution in [0.1, 0.15) is 23.2 Å². The molecule has 0 N–H and O–H groups in total. The highest BCUT2D eigenvalue weighted by molar-refractivity contribution is 7.97. The van der Waals surface area contributed by atoms with Crippen molar-refractivity contribution in [3.8, 4) is 6.07 Å². The van der Waals surface area contributed by atoms with E-state index in [1.165, 1.54) is 0 Å². The number of likely N-dealkylation sites (tertiary alicyclic amines) is 1. The van der Waals surface area contributed by atoms with E-state index in [2.05, 4.69) is 10.4 Å². The molecule has 2 fully saturated rings. The van der Waals surface area contributed by atoms with Gasteiger partial charge in [-0.25, -0.2) is 4.31 Å². The SMILES string of the molecule is N#CC1CN(Sc2cccc(C(=O)N3CCCC3)c2)C1. The number of benzene rings is 1. The molecule has 0 spiro atoms.